The molecule has 94 valence electrons. The lowest BCUT2D eigenvalue weighted by Crippen LogP contribution is -2.38. The molecule has 0 aromatic heterocycles. The molecule has 0 aliphatic heterocycles. The van der Waals surface area contributed by atoms with E-state index in [9.17, 15) is 0 Å². The number of hydrogen-bond acceptors (Lipinski definition) is 2. The first-order chi connectivity index (χ1) is 8.04. The second-order valence-electron chi connectivity index (χ2n) is 5.81. The van der Waals surface area contributed by atoms with Crippen molar-refractivity contribution in [2.75, 3.05) is 13.2 Å². The Kier molecular flexibility index (Phi) is 3.72. The Morgan fingerprint density at radius 1 is 1.18 bits per heavy atom. The molecule has 2 heteroatoms. The summed E-state index contributed by atoms with van der Waals surface area (Å²) in [5.74, 6) is 1.02. The summed E-state index contributed by atoms with van der Waals surface area (Å²) in [5.41, 5.74) is 3.15. The second kappa shape index (κ2) is 5.09. The van der Waals surface area contributed by atoms with Crippen LogP contribution in [-0.4, -0.2) is 18.7 Å². The van der Waals surface area contributed by atoms with Gasteiger partial charge in [0.1, 0.15) is 12.4 Å². The van der Waals surface area contributed by atoms with Gasteiger partial charge in [0.2, 0.25) is 0 Å². The summed E-state index contributed by atoms with van der Waals surface area (Å²) in [7, 11) is 0. The first-order valence-electron chi connectivity index (χ1n) is 6.54. The summed E-state index contributed by atoms with van der Waals surface area (Å²) in [4.78, 5) is 0. The van der Waals surface area contributed by atoms with Crippen LogP contribution in [-0.2, 0) is 12.8 Å². The third-order valence-corrected chi connectivity index (χ3v) is 3.10. The smallest absolute Gasteiger partial charge is 0.119 e. The summed E-state index contributed by atoms with van der Waals surface area (Å²) in [5, 5.41) is 3.42. The standard InChI is InChI=1S/C15H23NO/c1-15(2,3)16-9-10-17-14-8-7-12-5-4-6-13(12)11-14/h7-8,11,16H,4-6,9-10H2,1-3H3. The van der Waals surface area contributed by atoms with E-state index >= 15 is 0 Å². The Hall–Kier alpha value is -1.02. The van der Waals surface area contributed by atoms with Gasteiger partial charge in [-0.2, -0.15) is 0 Å². The molecule has 0 spiro atoms. The third kappa shape index (κ3) is 3.74. The maximum absolute atomic E-state index is 5.76. The lowest BCUT2D eigenvalue weighted by atomic mass is 10.1. The minimum absolute atomic E-state index is 0.168. The molecule has 0 radical (unpaired) electrons. The molecule has 1 aliphatic rings. The molecule has 0 bridgehead atoms. The predicted molar refractivity (Wildman–Crippen MR) is 71.7 cm³/mol. The molecule has 0 unspecified atom stereocenters. The van der Waals surface area contributed by atoms with Crippen LogP contribution >= 0.6 is 0 Å². The fraction of sp³-hybridized carbons (Fsp3) is 0.600. The fourth-order valence-electron chi connectivity index (χ4n) is 2.23. The highest BCUT2D eigenvalue weighted by molar-refractivity contribution is 5.38. The molecule has 0 saturated heterocycles. The zero-order valence-electron chi connectivity index (χ0n) is 11.2. The van der Waals surface area contributed by atoms with Crippen molar-refractivity contribution in [2.24, 2.45) is 0 Å². The fourth-order valence-corrected chi connectivity index (χ4v) is 2.23. The van der Waals surface area contributed by atoms with Gasteiger partial charge in [0.15, 0.2) is 0 Å². The molecule has 1 aliphatic carbocycles. The van der Waals surface area contributed by atoms with Gasteiger partial charge in [-0.05, 0) is 63.3 Å². The lowest BCUT2D eigenvalue weighted by molar-refractivity contribution is 0.291. The Morgan fingerprint density at radius 2 is 1.94 bits per heavy atom. The first-order valence-corrected chi connectivity index (χ1v) is 6.54. The zero-order valence-corrected chi connectivity index (χ0v) is 11.2. The average Bonchev–Trinajstić information content (AvgIpc) is 2.70. The van der Waals surface area contributed by atoms with Crippen LogP contribution in [0.4, 0.5) is 0 Å². The normalized spacial score (nSPS) is 14.8. The van der Waals surface area contributed by atoms with Crippen molar-refractivity contribution in [1.29, 1.82) is 0 Å². The topological polar surface area (TPSA) is 21.3 Å². The molecule has 1 aromatic rings. The number of benzene rings is 1. The highest BCUT2D eigenvalue weighted by Crippen LogP contribution is 2.25. The molecule has 17 heavy (non-hydrogen) atoms. The highest BCUT2D eigenvalue weighted by Gasteiger charge is 2.11. The van der Waals surface area contributed by atoms with E-state index in [0.29, 0.717) is 0 Å². The van der Waals surface area contributed by atoms with E-state index < -0.39 is 0 Å². The van der Waals surface area contributed by atoms with E-state index in [2.05, 4.69) is 44.3 Å². The molecule has 0 fully saturated rings. The molecule has 1 aromatic carbocycles. The Labute approximate surface area is 104 Å². The van der Waals surface area contributed by atoms with E-state index in [4.69, 9.17) is 4.74 Å². The monoisotopic (exact) mass is 233 g/mol. The van der Waals surface area contributed by atoms with Gasteiger partial charge in [-0.25, -0.2) is 0 Å². The number of rotatable bonds is 4. The summed E-state index contributed by atoms with van der Waals surface area (Å²) < 4.78 is 5.76. The SMILES string of the molecule is CC(C)(C)NCCOc1ccc2c(c1)CCC2. The largest absolute Gasteiger partial charge is 0.492 e. The minimum Gasteiger partial charge on any atom is -0.492 e. The van der Waals surface area contributed by atoms with E-state index in [1.807, 2.05) is 0 Å². The minimum atomic E-state index is 0.168. The summed E-state index contributed by atoms with van der Waals surface area (Å²) in [6.07, 6.45) is 3.75. The Balaban J connectivity index is 1.80. The summed E-state index contributed by atoms with van der Waals surface area (Å²) in [6, 6.07) is 6.52. The number of ether oxygens (including phenoxy) is 1. The lowest BCUT2D eigenvalue weighted by Gasteiger charge is -2.20. The second-order valence-corrected chi connectivity index (χ2v) is 5.81. The quantitative estimate of drug-likeness (QED) is 0.807. The first kappa shape index (κ1) is 12.4. The molecule has 0 atom stereocenters. The number of aryl methyl sites for hydroxylation is 2. The molecule has 2 rings (SSSR count). The maximum Gasteiger partial charge on any atom is 0.119 e. The van der Waals surface area contributed by atoms with Gasteiger partial charge in [-0.1, -0.05) is 6.07 Å². The van der Waals surface area contributed by atoms with Crippen LogP contribution in [0.15, 0.2) is 18.2 Å². The van der Waals surface area contributed by atoms with Gasteiger partial charge in [-0.15, -0.1) is 0 Å². The van der Waals surface area contributed by atoms with E-state index in [1.165, 1.54) is 30.4 Å². The van der Waals surface area contributed by atoms with Crippen LogP contribution in [0.1, 0.15) is 38.3 Å². The molecular weight excluding hydrogens is 210 g/mol. The average molecular weight is 233 g/mol. The van der Waals surface area contributed by atoms with Gasteiger partial charge in [0.25, 0.3) is 0 Å². The molecular formula is C15H23NO. The zero-order chi connectivity index (χ0) is 12.3. The van der Waals surface area contributed by atoms with Crippen LogP contribution in [0, 0.1) is 0 Å². The third-order valence-electron chi connectivity index (χ3n) is 3.10. The molecule has 2 nitrogen and oxygen atoms in total. The van der Waals surface area contributed by atoms with E-state index in [1.54, 1.807) is 0 Å². The van der Waals surface area contributed by atoms with Crippen LogP contribution in [0.3, 0.4) is 0 Å². The summed E-state index contributed by atoms with van der Waals surface area (Å²) in [6.45, 7) is 8.13. The van der Waals surface area contributed by atoms with Crippen LogP contribution in [0.5, 0.6) is 5.75 Å². The van der Waals surface area contributed by atoms with Gasteiger partial charge in [0.05, 0.1) is 0 Å². The van der Waals surface area contributed by atoms with Crippen molar-refractivity contribution < 1.29 is 4.74 Å². The molecule has 0 amide bonds. The maximum atomic E-state index is 5.76. The van der Waals surface area contributed by atoms with Crippen LogP contribution in [0.2, 0.25) is 0 Å². The molecule has 0 saturated carbocycles. The summed E-state index contributed by atoms with van der Waals surface area (Å²) >= 11 is 0. The van der Waals surface area contributed by atoms with E-state index in [0.717, 1.165) is 18.9 Å². The predicted octanol–water partition coefficient (Wildman–Crippen LogP) is 2.94. The Morgan fingerprint density at radius 3 is 2.71 bits per heavy atom. The van der Waals surface area contributed by atoms with Gasteiger partial charge >= 0.3 is 0 Å². The van der Waals surface area contributed by atoms with Crippen molar-refractivity contribution in [3.63, 3.8) is 0 Å². The number of nitrogens with one attached hydrogen (secondary N) is 1. The van der Waals surface area contributed by atoms with Crippen molar-refractivity contribution in [1.82, 2.24) is 5.32 Å². The van der Waals surface area contributed by atoms with Crippen LogP contribution in [0.25, 0.3) is 0 Å². The highest BCUT2D eigenvalue weighted by atomic mass is 16.5. The van der Waals surface area contributed by atoms with Crippen molar-refractivity contribution in [3.05, 3.63) is 29.3 Å². The van der Waals surface area contributed by atoms with Crippen molar-refractivity contribution in [3.8, 4) is 5.75 Å². The molecule has 0 heterocycles. The van der Waals surface area contributed by atoms with Crippen molar-refractivity contribution >= 4 is 0 Å². The van der Waals surface area contributed by atoms with Gasteiger partial charge in [0, 0.05) is 12.1 Å². The molecule has 1 N–H and O–H groups in total. The van der Waals surface area contributed by atoms with E-state index in [-0.39, 0.29) is 5.54 Å². The van der Waals surface area contributed by atoms with Gasteiger partial charge < -0.3 is 10.1 Å². The van der Waals surface area contributed by atoms with Crippen molar-refractivity contribution in [2.45, 2.75) is 45.6 Å². The number of fused-ring (bicyclic) bond motifs is 1. The number of hydrogen-bond donors (Lipinski definition) is 1. The Bertz CT molecular complexity index is 379. The van der Waals surface area contributed by atoms with Crippen LogP contribution < -0.4 is 10.1 Å². The van der Waals surface area contributed by atoms with Gasteiger partial charge in [-0.3, -0.25) is 0 Å².